The molecule has 8 nitrogen and oxygen atoms in total. The zero-order chi connectivity index (χ0) is 26.0. The lowest BCUT2D eigenvalue weighted by Crippen LogP contribution is -2.62. The molecule has 0 unspecified atom stereocenters. The second-order valence-corrected chi connectivity index (χ2v) is 11.3. The third-order valence-electron chi connectivity index (χ3n) is 8.94. The summed E-state index contributed by atoms with van der Waals surface area (Å²) in [4.78, 5) is 44.2. The molecular formula is C29H41N3O5. The van der Waals surface area contributed by atoms with Gasteiger partial charge in [-0.3, -0.25) is 14.4 Å². The highest BCUT2D eigenvalue weighted by atomic mass is 16.5. The summed E-state index contributed by atoms with van der Waals surface area (Å²) in [5.74, 6) is 0.0304. The lowest BCUT2D eigenvalue weighted by Gasteiger charge is -2.40. The number of benzene rings is 1. The number of carbonyl (C=O) groups is 3. The van der Waals surface area contributed by atoms with Crippen molar-refractivity contribution in [2.45, 2.75) is 88.0 Å². The van der Waals surface area contributed by atoms with Crippen LogP contribution in [-0.2, 0) is 19.1 Å². The molecule has 1 N–H and O–H groups in total. The Morgan fingerprint density at radius 2 is 1.81 bits per heavy atom. The molecule has 3 aliphatic heterocycles. The number of piperidine rings is 1. The van der Waals surface area contributed by atoms with Gasteiger partial charge in [-0.1, -0.05) is 38.3 Å². The number of hydrogen-bond donors (Lipinski definition) is 1. The van der Waals surface area contributed by atoms with Crippen LogP contribution in [0.25, 0.3) is 0 Å². The number of Topliss-reactive ketones (excluding diaryl/α,β-unsaturated/α-hetero) is 1. The van der Waals surface area contributed by atoms with E-state index in [1.807, 2.05) is 12.1 Å². The number of nitrogens with zero attached hydrogens (tertiary/aromatic N) is 2. The second kappa shape index (κ2) is 11.2. The van der Waals surface area contributed by atoms with E-state index in [9.17, 15) is 14.4 Å². The van der Waals surface area contributed by atoms with Crippen molar-refractivity contribution in [3.8, 4) is 0 Å². The first-order valence-electron chi connectivity index (χ1n) is 14.1. The predicted octanol–water partition coefficient (Wildman–Crippen LogP) is 2.90. The Morgan fingerprint density at radius 3 is 2.46 bits per heavy atom. The van der Waals surface area contributed by atoms with Gasteiger partial charge < -0.3 is 24.6 Å². The number of ether oxygens (including phenoxy) is 2. The number of hydrogen-bond acceptors (Lipinski definition) is 6. The van der Waals surface area contributed by atoms with Gasteiger partial charge in [-0.25, -0.2) is 0 Å². The summed E-state index contributed by atoms with van der Waals surface area (Å²) in [7, 11) is 1.58. The van der Waals surface area contributed by atoms with Gasteiger partial charge in [-0.2, -0.15) is 0 Å². The summed E-state index contributed by atoms with van der Waals surface area (Å²) in [6, 6.07) is 7.31. The first-order valence-corrected chi connectivity index (χ1v) is 14.1. The molecule has 1 aliphatic carbocycles. The fourth-order valence-corrected chi connectivity index (χ4v) is 6.85. The number of likely N-dealkylation sites (tertiary alicyclic amines) is 2. The molecule has 4 fully saturated rings. The van der Waals surface area contributed by atoms with Gasteiger partial charge in [0.05, 0.1) is 6.54 Å². The Bertz CT molecular complexity index is 982. The summed E-state index contributed by atoms with van der Waals surface area (Å²) in [5.41, 5.74) is 0.847. The molecular weight excluding hydrogens is 470 g/mol. The van der Waals surface area contributed by atoms with Crippen molar-refractivity contribution in [1.29, 1.82) is 0 Å². The van der Waals surface area contributed by atoms with Gasteiger partial charge >= 0.3 is 0 Å². The lowest BCUT2D eigenvalue weighted by atomic mass is 9.80. The molecule has 3 heterocycles. The topological polar surface area (TPSA) is 88.2 Å². The van der Waals surface area contributed by atoms with Gasteiger partial charge in [-0.05, 0) is 75.4 Å². The minimum absolute atomic E-state index is 0.00229. The summed E-state index contributed by atoms with van der Waals surface area (Å²) in [6.07, 6.45) is 6.62. The normalized spacial score (nSPS) is 28.3. The molecule has 3 atom stereocenters. The van der Waals surface area contributed by atoms with Crippen molar-refractivity contribution in [2.75, 3.05) is 39.9 Å². The van der Waals surface area contributed by atoms with Crippen LogP contribution < -0.4 is 5.32 Å². The molecule has 3 saturated heterocycles. The SMILES string of the molecule is CCCN1CCC(c2ccc(C(=O)NC3(C(=O)N4C[C@@H](OC)[C@H]5OCC(=O)[C@H]54)CCCCC3)cc2)CC1. The van der Waals surface area contributed by atoms with E-state index in [4.69, 9.17) is 9.47 Å². The van der Waals surface area contributed by atoms with E-state index in [-0.39, 0.29) is 30.3 Å². The average molecular weight is 512 g/mol. The van der Waals surface area contributed by atoms with E-state index >= 15 is 0 Å². The number of amides is 2. The standard InChI is InChI=1S/C29H41N3O5/c1-3-15-31-16-11-21(12-17-31)20-7-9-22(10-8-20)27(34)30-29(13-5-4-6-14-29)28(35)32-18-24(36-2)26-25(32)23(33)19-37-26/h7-10,21,24-26H,3-6,11-19H2,1-2H3,(H,30,34)/t24-,25-,26-/m1/s1. The van der Waals surface area contributed by atoms with Crippen molar-refractivity contribution in [3.63, 3.8) is 0 Å². The van der Waals surface area contributed by atoms with Gasteiger partial charge in [0.2, 0.25) is 5.91 Å². The quantitative estimate of drug-likeness (QED) is 0.606. The van der Waals surface area contributed by atoms with Crippen LogP contribution in [0, 0.1) is 0 Å². The van der Waals surface area contributed by atoms with Crippen LogP contribution in [0.4, 0.5) is 0 Å². The first-order chi connectivity index (χ1) is 18.0. The smallest absolute Gasteiger partial charge is 0.252 e. The minimum Gasteiger partial charge on any atom is -0.377 e. The average Bonchev–Trinajstić information content (AvgIpc) is 3.49. The fourth-order valence-electron chi connectivity index (χ4n) is 6.85. The molecule has 0 aromatic heterocycles. The van der Waals surface area contributed by atoms with E-state index in [0.29, 0.717) is 30.9 Å². The van der Waals surface area contributed by atoms with Crippen LogP contribution in [0.15, 0.2) is 24.3 Å². The summed E-state index contributed by atoms with van der Waals surface area (Å²) < 4.78 is 11.2. The van der Waals surface area contributed by atoms with Crippen LogP contribution in [0.5, 0.6) is 0 Å². The Morgan fingerprint density at radius 1 is 1.11 bits per heavy atom. The molecule has 4 aliphatic rings. The highest BCUT2D eigenvalue weighted by Crippen LogP contribution is 2.36. The first kappa shape index (κ1) is 26.3. The maximum atomic E-state index is 14.0. The van der Waals surface area contributed by atoms with E-state index in [1.165, 1.54) is 18.5 Å². The minimum atomic E-state index is -1.00. The maximum Gasteiger partial charge on any atom is 0.252 e. The van der Waals surface area contributed by atoms with Gasteiger partial charge in [0, 0.05) is 12.7 Å². The van der Waals surface area contributed by atoms with Crippen molar-refractivity contribution in [2.24, 2.45) is 0 Å². The maximum absolute atomic E-state index is 14.0. The van der Waals surface area contributed by atoms with Crippen LogP contribution in [0.2, 0.25) is 0 Å². The third-order valence-corrected chi connectivity index (χ3v) is 8.94. The third kappa shape index (κ3) is 5.20. The second-order valence-electron chi connectivity index (χ2n) is 11.3. The molecule has 1 aromatic carbocycles. The Kier molecular flexibility index (Phi) is 7.98. The van der Waals surface area contributed by atoms with Crippen molar-refractivity contribution in [3.05, 3.63) is 35.4 Å². The van der Waals surface area contributed by atoms with E-state index in [2.05, 4.69) is 29.3 Å². The zero-order valence-corrected chi connectivity index (χ0v) is 22.2. The number of rotatable bonds is 7. The molecule has 8 heteroatoms. The highest BCUT2D eigenvalue weighted by molar-refractivity contribution is 6.01. The summed E-state index contributed by atoms with van der Waals surface area (Å²) in [6.45, 7) is 5.95. The number of fused-ring (bicyclic) bond motifs is 1. The van der Waals surface area contributed by atoms with Gasteiger partial charge in [-0.15, -0.1) is 0 Å². The van der Waals surface area contributed by atoms with Gasteiger partial charge in [0.25, 0.3) is 5.91 Å². The van der Waals surface area contributed by atoms with Gasteiger partial charge in [0.15, 0.2) is 5.78 Å². The number of nitrogens with one attached hydrogen (secondary N) is 1. The van der Waals surface area contributed by atoms with E-state index in [0.717, 1.165) is 45.2 Å². The number of ketones is 1. The highest BCUT2D eigenvalue weighted by Gasteiger charge is 2.56. The molecule has 5 rings (SSSR count). The largest absolute Gasteiger partial charge is 0.377 e. The van der Waals surface area contributed by atoms with Crippen molar-refractivity contribution >= 4 is 17.6 Å². The molecule has 0 radical (unpaired) electrons. The molecule has 0 spiro atoms. The number of carbonyl (C=O) groups excluding carboxylic acids is 3. The van der Waals surface area contributed by atoms with Crippen molar-refractivity contribution < 1.29 is 23.9 Å². The number of methoxy groups -OCH3 is 1. The summed E-state index contributed by atoms with van der Waals surface area (Å²) in [5, 5.41) is 3.14. The molecule has 37 heavy (non-hydrogen) atoms. The molecule has 202 valence electrons. The van der Waals surface area contributed by atoms with Crippen molar-refractivity contribution in [1.82, 2.24) is 15.1 Å². The molecule has 1 aromatic rings. The molecule has 0 bridgehead atoms. The Hall–Kier alpha value is -2.29. The van der Waals surface area contributed by atoms with E-state index < -0.39 is 17.7 Å². The lowest BCUT2D eigenvalue weighted by molar-refractivity contribution is -0.143. The monoisotopic (exact) mass is 511 g/mol. The van der Waals surface area contributed by atoms with Crippen LogP contribution in [-0.4, -0.2) is 91.1 Å². The summed E-state index contributed by atoms with van der Waals surface area (Å²) >= 11 is 0. The Labute approximate surface area is 220 Å². The van der Waals surface area contributed by atoms with Crippen LogP contribution in [0.1, 0.15) is 80.1 Å². The molecule has 1 saturated carbocycles. The fraction of sp³-hybridized carbons (Fsp3) is 0.690. The van der Waals surface area contributed by atoms with E-state index in [1.54, 1.807) is 12.0 Å². The van der Waals surface area contributed by atoms with Gasteiger partial charge in [0.1, 0.15) is 30.4 Å². The Balaban J connectivity index is 1.29. The van der Waals surface area contributed by atoms with Crippen LogP contribution >= 0.6 is 0 Å². The van der Waals surface area contributed by atoms with Crippen LogP contribution in [0.3, 0.4) is 0 Å². The molecule has 2 amide bonds. The predicted molar refractivity (Wildman–Crippen MR) is 139 cm³/mol. The zero-order valence-electron chi connectivity index (χ0n) is 22.2.